The highest BCUT2D eigenvalue weighted by Crippen LogP contribution is 2.30. The molecule has 0 aliphatic rings. The van der Waals surface area contributed by atoms with Crippen molar-refractivity contribution in [2.75, 3.05) is 0 Å². The summed E-state index contributed by atoms with van der Waals surface area (Å²) in [6, 6.07) is 3.18. The summed E-state index contributed by atoms with van der Waals surface area (Å²) >= 11 is 11.7. The van der Waals surface area contributed by atoms with Crippen molar-refractivity contribution >= 4 is 34.1 Å². The molecule has 0 saturated carbocycles. The van der Waals surface area contributed by atoms with Gasteiger partial charge in [-0.15, -0.1) is 0 Å². The van der Waals surface area contributed by atoms with Gasteiger partial charge in [-0.3, -0.25) is 4.98 Å². The summed E-state index contributed by atoms with van der Waals surface area (Å²) in [4.78, 5) is 3.89. The summed E-state index contributed by atoms with van der Waals surface area (Å²) < 4.78 is 13.4. The molecule has 1 aromatic heterocycles. The van der Waals surface area contributed by atoms with Crippen molar-refractivity contribution in [1.29, 1.82) is 0 Å². The second-order valence-electron chi connectivity index (χ2n) is 3.06. The highest BCUT2D eigenvalue weighted by atomic mass is 35.5. The van der Waals surface area contributed by atoms with Gasteiger partial charge in [0.2, 0.25) is 0 Å². The lowest BCUT2D eigenvalue weighted by Gasteiger charge is -2.03. The molecule has 2 aromatic rings. The van der Waals surface area contributed by atoms with Gasteiger partial charge >= 0.3 is 0 Å². The molecule has 1 aromatic carbocycles. The first-order valence-corrected chi connectivity index (χ1v) is 4.75. The zero-order chi connectivity index (χ0) is 10.3. The Morgan fingerprint density at radius 3 is 2.71 bits per heavy atom. The molecule has 14 heavy (non-hydrogen) atoms. The Morgan fingerprint density at radius 1 is 1.29 bits per heavy atom. The number of benzene rings is 1. The van der Waals surface area contributed by atoms with E-state index in [0.717, 1.165) is 5.56 Å². The number of pyridine rings is 1. The molecule has 0 aliphatic carbocycles. The average Bonchev–Trinajstić information content (AvgIpc) is 2.12. The quantitative estimate of drug-likeness (QED) is 0.666. The number of rotatable bonds is 0. The molecule has 72 valence electrons. The average molecular weight is 230 g/mol. The first-order valence-electron chi connectivity index (χ1n) is 3.99. The second kappa shape index (κ2) is 3.37. The first kappa shape index (κ1) is 9.69. The van der Waals surface area contributed by atoms with E-state index in [4.69, 9.17) is 23.2 Å². The molecule has 0 spiro atoms. The van der Waals surface area contributed by atoms with Crippen LogP contribution in [0.3, 0.4) is 0 Å². The van der Waals surface area contributed by atoms with E-state index in [0.29, 0.717) is 15.4 Å². The van der Waals surface area contributed by atoms with Crippen LogP contribution in [0.1, 0.15) is 5.56 Å². The molecular weight excluding hydrogens is 224 g/mol. The normalized spacial score (nSPS) is 10.9. The van der Waals surface area contributed by atoms with Crippen molar-refractivity contribution in [3.05, 3.63) is 39.8 Å². The fourth-order valence-electron chi connectivity index (χ4n) is 1.34. The molecule has 0 N–H and O–H groups in total. The van der Waals surface area contributed by atoms with E-state index in [2.05, 4.69) is 4.98 Å². The number of hydrogen-bond donors (Lipinski definition) is 0. The Balaban J connectivity index is 2.95. The first-order chi connectivity index (χ1) is 6.59. The fraction of sp³-hybridized carbons (Fsp3) is 0.100. The lowest BCUT2D eigenvalue weighted by atomic mass is 10.1. The lowest BCUT2D eigenvalue weighted by molar-refractivity contribution is 0.635. The van der Waals surface area contributed by atoms with Gasteiger partial charge in [-0.05, 0) is 24.6 Å². The van der Waals surface area contributed by atoms with Crippen LogP contribution in [0.4, 0.5) is 4.39 Å². The predicted octanol–water partition coefficient (Wildman–Crippen LogP) is 3.99. The van der Waals surface area contributed by atoms with Crippen LogP contribution in [-0.2, 0) is 0 Å². The molecule has 0 amide bonds. The Morgan fingerprint density at radius 2 is 2.00 bits per heavy atom. The van der Waals surface area contributed by atoms with Crippen LogP contribution in [0.25, 0.3) is 10.9 Å². The summed E-state index contributed by atoms with van der Waals surface area (Å²) in [7, 11) is 0. The maximum atomic E-state index is 13.4. The SMILES string of the molecule is Cc1cc(F)c2ncc(Cl)c(Cl)c2c1. The zero-order valence-electron chi connectivity index (χ0n) is 7.31. The number of aryl methyl sites for hydroxylation is 1. The second-order valence-corrected chi connectivity index (χ2v) is 3.85. The summed E-state index contributed by atoms with van der Waals surface area (Å²) in [6.07, 6.45) is 1.35. The summed E-state index contributed by atoms with van der Waals surface area (Å²) in [6.45, 7) is 1.79. The highest BCUT2D eigenvalue weighted by Gasteiger charge is 2.09. The van der Waals surface area contributed by atoms with Crippen molar-refractivity contribution < 1.29 is 4.39 Å². The van der Waals surface area contributed by atoms with Crippen molar-refractivity contribution in [3.8, 4) is 0 Å². The van der Waals surface area contributed by atoms with Gasteiger partial charge in [0, 0.05) is 11.6 Å². The van der Waals surface area contributed by atoms with Gasteiger partial charge in [-0.25, -0.2) is 4.39 Å². The predicted molar refractivity (Wildman–Crippen MR) is 56.5 cm³/mol. The van der Waals surface area contributed by atoms with E-state index in [9.17, 15) is 4.39 Å². The summed E-state index contributed by atoms with van der Waals surface area (Å²) in [5.74, 6) is -0.376. The van der Waals surface area contributed by atoms with Gasteiger partial charge in [-0.1, -0.05) is 23.2 Å². The van der Waals surface area contributed by atoms with Crippen LogP contribution < -0.4 is 0 Å². The number of halogens is 3. The molecule has 0 saturated heterocycles. The number of nitrogens with zero attached hydrogens (tertiary/aromatic N) is 1. The molecule has 1 heterocycles. The van der Waals surface area contributed by atoms with Gasteiger partial charge in [-0.2, -0.15) is 0 Å². The van der Waals surface area contributed by atoms with Crippen LogP contribution >= 0.6 is 23.2 Å². The maximum Gasteiger partial charge on any atom is 0.149 e. The number of hydrogen-bond acceptors (Lipinski definition) is 1. The van der Waals surface area contributed by atoms with E-state index in [1.54, 1.807) is 13.0 Å². The topological polar surface area (TPSA) is 12.9 Å². The smallest absolute Gasteiger partial charge is 0.149 e. The van der Waals surface area contributed by atoms with E-state index in [1.807, 2.05) is 0 Å². The minimum atomic E-state index is -0.376. The van der Waals surface area contributed by atoms with Crippen LogP contribution in [0.5, 0.6) is 0 Å². The van der Waals surface area contributed by atoms with Crippen LogP contribution in [0, 0.1) is 12.7 Å². The molecule has 0 atom stereocenters. The monoisotopic (exact) mass is 229 g/mol. The number of aromatic nitrogens is 1. The van der Waals surface area contributed by atoms with Crippen LogP contribution in [0.15, 0.2) is 18.3 Å². The van der Waals surface area contributed by atoms with E-state index in [1.165, 1.54) is 12.3 Å². The summed E-state index contributed by atoms with van der Waals surface area (Å²) in [5, 5.41) is 1.24. The van der Waals surface area contributed by atoms with Gasteiger partial charge in [0.25, 0.3) is 0 Å². The van der Waals surface area contributed by atoms with Crippen molar-refractivity contribution in [2.24, 2.45) is 0 Å². The molecule has 4 heteroatoms. The van der Waals surface area contributed by atoms with E-state index >= 15 is 0 Å². The molecule has 0 unspecified atom stereocenters. The Kier molecular flexibility index (Phi) is 2.33. The third-order valence-electron chi connectivity index (χ3n) is 1.96. The highest BCUT2D eigenvalue weighted by molar-refractivity contribution is 6.45. The van der Waals surface area contributed by atoms with Crippen LogP contribution in [0.2, 0.25) is 10.0 Å². The summed E-state index contributed by atoms with van der Waals surface area (Å²) in [5.41, 5.74) is 1.05. The third kappa shape index (κ3) is 1.45. The number of fused-ring (bicyclic) bond motifs is 1. The molecular formula is C10H6Cl2FN. The van der Waals surface area contributed by atoms with Gasteiger partial charge in [0.05, 0.1) is 10.0 Å². The van der Waals surface area contributed by atoms with Crippen molar-refractivity contribution in [2.45, 2.75) is 6.92 Å². The Hall–Kier alpha value is -0.860. The molecule has 0 bridgehead atoms. The van der Waals surface area contributed by atoms with Gasteiger partial charge in [0.1, 0.15) is 11.3 Å². The van der Waals surface area contributed by atoms with E-state index < -0.39 is 0 Å². The molecule has 0 radical (unpaired) electrons. The lowest BCUT2D eigenvalue weighted by Crippen LogP contribution is -1.87. The molecule has 2 rings (SSSR count). The van der Waals surface area contributed by atoms with Crippen LogP contribution in [-0.4, -0.2) is 4.98 Å². The van der Waals surface area contributed by atoms with Crippen molar-refractivity contribution in [1.82, 2.24) is 4.98 Å². The fourth-order valence-corrected chi connectivity index (χ4v) is 1.68. The molecule has 0 fully saturated rings. The Bertz CT molecular complexity index is 511. The molecule has 0 aliphatic heterocycles. The van der Waals surface area contributed by atoms with Crippen molar-refractivity contribution in [3.63, 3.8) is 0 Å². The largest absolute Gasteiger partial charge is 0.252 e. The third-order valence-corrected chi connectivity index (χ3v) is 2.75. The minimum Gasteiger partial charge on any atom is -0.252 e. The zero-order valence-corrected chi connectivity index (χ0v) is 8.83. The van der Waals surface area contributed by atoms with Gasteiger partial charge in [0.15, 0.2) is 0 Å². The maximum absolute atomic E-state index is 13.4. The molecule has 1 nitrogen and oxygen atoms in total. The Labute approximate surface area is 90.5 Å². The van der Waals surface area contributed by atoms with E-state index in [-0.39, 0.29) is 11.3 Å². The standard InChI is InChI=1S/C10H6Cl2FN/c1-5-2-6-9(12)7(11)4-14-10(6)8(13)3-5/h2-4H,1H3. The minimum absolute atomic E-state index is 0.255. The van der Waals surface area contributed by atoms with Gasteiger partial charge < -0.3 is 0 Å².